The van der Waals surface area contributed by atoms with Crippen LogP contribution in [0, 0.1) is 12.8 Å². The monoisotopic (exact) mass is 476 g/mol. The van der Waals surface area contributed by atoms with Crippen molar-refractivity contribution in [2.24, 2.45) is 5.92 Å². The highest BCUT2D eigenvalue weighted by Crippen LogP contribution is 2.49. The summed E-state index contributed by atoms with van der Waals surface area (Å²) in [5.41, 5.74) is 0.975. The van der Waals surface area contributed by atoms with Crippen LogP contribution in [0.1, 0.15) is 39.2 Å². The summed E-state index contributed by atoms with van der Waals surface area (Å²) in [7, 11) is -7.06. The number of ether oxygens (including phenoxy) is 2. The molecule has 1 aliphatic rings. The second-order valence-corrected chi connectivity index (χ2v) is 10.8. The van der Waals surface area contributed by atoms with Crippen LogP contribution < -0.4 is 0 Å². The minimum atomic E-state index is -3.83. The number of hydrogen-bond acceptors (Lipinski definition) is 8. The Morgan fingerprint density at radius 2 is 1.81 bits per heavy atom. The van der Waals surface area contributed by atoms with Gasteiger partial charge in [-0.2, -0.15) is 8.42 Å². The first-order valence-corrected chi connectivity index (χ1v) is 13.5. The molecule has 0 bridgehead atoms. The SMILES string of the molecule is CCOP(=O)(C=CC(C)COC1CCC(OS(=O)(=O)c2ccc(C)cc2)CO1)OCC. The zero-order valence-electron chi connectivity index (χ0n) is 18.6. The van der Waals surface area contributed by atoms with E-state index in [0.717, 1.165) is 5.56 Å². The van der Waals surface area contributed by atoms with Gasteiger partial charge >= 0.3 is 7.60 Å². The lowest BCUT2D eigenvalue weighted by Crippen LogP contribution is -2.34. The second kappa shape index (κ2) is 12.3. The molecule has 0 aromatic heterocycles. The Labute approximate surface area is 185 Å². The number of rotatable bonds is 12. The average Bonchev–Trinajstić information content (AvgIpc) is 2.72. The van der Waals surface area contributed by atoms with Gasteiger partial charge in [0, 0.05) is 12.2 Å². The molecule has 3 atom stereocenters. The van der Waals surface area contributed by atoms with Crippen LogP contribution in [0.15, 0.2) is 41.1 Å². The Morgan fingerprint density at radius 3 is 2.35 bits per heavy atom. The lowest BCUT2D eigenvalue weighted by Gasteiger charge is -2.29. The predicted molar refractivity (Wildman–Crippen MR) is 117 cm³/mol. The molecule has 1 aromatic carbocycles. The van der Waals surface area contributed by atoms with Gasteiger partial charge in [0.1, 0.15) is 6.10 Å². The van der Waals surface area contributed by atoms with Gasteiger partial charge in [-0.3, -0.25) is 8.75 Å². The Morgan fingerprint density at radius 1 is 1.16 bits per heavy atom. The van der Waals surface area contributed by atoms with E-state index in [-0.39, 0.29) is 17.4 Å². The first-order chi connectivity index (χ1) is 14.7. The number of aryl methyl sites for hydroxylation is 1. The molecular weight excluding hydrogens is 443 g/mol. The first kappa shape index (κ1) is 26.2. The molecule has 1 saturated heterocycles. The van der Waals surface area contributed by atoms with Gasteiger partial charge in [-0.25, -0.2) is 0 Å². The quantitative estimate of drug-likeness (QED) is 0.318. The highest BCUT2D eigenvalue weighted by atomic mass is 32.2. The molecule has 2 rings (SSSR count). The maximum Gasteiger partial charge on any atom is 0.353 e. The van der Waals surface area contributed by atoms with E-state index in [9.17, 15) is 13.0 Å². The van der Waals surface area contributed by atoms with E-state index < -0.39 is 30.1 Å². The standard InChI is InChI=1S/C21H33O8PS/c1-5-27-30(22,28-6-2)14-13-18(4)15-25-21-12-9-19(16-26-21)29-31(23,24)20-10-7-17(3)8-11-20/h7-8,10-11,13-14,18-19,21H,5-6,9,12,15-16H2,1-4H3. The van der Waals surface area contributed by atoms with Gasteiger partial charge < -0.3 is 18.5 Å². The summed E-state index contributed by atoms with van der Waals surface area (Å²) in [4.78, 5) is 0.133. The fourth-order valence-electron chi connectivity index (χ4n) is 2.90. The molecule has 0 amide bonds. The van der Waals surface area contributed by atoms with E-state index in [2.05, 4.69) is 0 Å². The molecular formula is C21H33O8PS. The van der Waals surface area contributed by atoms with Gasteiger partial charge in [0.05, 0.1) is 31.3 Å². The van der Waals surface area contributed by atoms with Crippen LogP contribution in [-0.2, 0) is 37.4 Å². The van der Waals surface area contributed by atoms with E-state index in [1.807, 2.05) is 13.8 Å². The first-order valence-electron chi connectivity index (χ1n) is 10.5. The Bertz CT molecular complexity index is 835. The largest absolute Gasteiger partial charge is 0.353 e. The lowest BCUT2D eigenvalue weighted by atomic mass is 10.1. The average molecular weight is 477 g/mol. The van der Waals surface area contributed by atoms with E-state index in [1.165, 1.54) is 17.9 Å². The van der Waals surface area contributed by atoms with Crippen molar-refractivity contribution in [1.29, 1.82) is 0 Å². The third-order valence-electron chi connectivity index (χ3n) is 4.53. The molecule has 0 N–H and O–H groups in total. The molecule has 1 fully saturated rings. The Balaban J connectivity index is 1.77. The van der Waals surface area contributed by atoms with Crippen molar-refractivity contribution >= 4 is 17.7 Å². The zero-order valence-corrected chi connectivity index (χ0v) is 20.3. The van der Waals surface area contributed by atoms with Crippen LogP contribution in [0.2, 0.25) is 0 Å². The van der Waals surface area contributed by atoms with Crippen LogP contribution in [0.3, 0.4) is 0 Å². The molecule has 1 aliphatic heterocycles. The van der Waals surface area contributed by atoms with Gasteiger partial charge in [0.2, 0.25) is 0 Å². The number of hydrogen-bond donors (Lipinski definition) is 0. The molecule has 0 radical (unpaired) electrons. The third kappa shape index (κ3) is 8.77. The van der Waals surface area contributed by atoms with Gasteiger partial charge in [-0.15, -0.1) is 0 Å². The molecule has 176 valence electrons. The van der Waals surface area contributed by atoms with Crippen LogP contribution in [0.25, 0.3) is 0 Å². The van der Waals surface area contributed by atoms with Crippen molar-refractivity contribution in [2.45, 2.75) is 57.8 Å². The molecule has 1 aromatic rings. The molecule has 8 nitrogen and oxygen atoms in total. The van der Waals surface area contributed by atoms with Crippen LogP contribution >= 0.6 is 7.60 Å². The summed E-state index contributed by atoms with van der Waals surface area (Å²) in [6.45, 7) is 8.40. The molecule has 0 saturated carbocycles. The van der Waals surface area contributed by atoms with E-state index in [1.54, 1.807) is 32.1 Å². The predicted octanol–water partition coefficient (Wildman–Crippen LogP) is 4.64. The third-order valence-corrected chi connectivity index (χ3v) is 7.67. The zero-order chi connectivity index (χ0) is 22.9. The molecule has 10 heteroatoms. The number of benzene rings is 1. The summed E-state index contributed by atoms with van der Waals surface area (Å²) in [6.07, 6.45) is 1.77. The van der Waals surface area contributed by atoms with Crippen molar-refractivity contribution in [1.82, 2.24) is 0 Å². The maximum absolute atomic E-state index is 12.4. The molecule has 0 aliphatic carbocycles. The van der Waals surface area contributed by atoms with Crippen molar-refractivity contribution < 1.29 is 35.7 Å². The minimum Gasteiger partial charge on any atom is -0.352 e. The van der Waals surface area contributed by atoms with Crippen molar-refractivity contribution in [2.75, 3.05) is 26.4 Å². The van der Waals surface area contributed by atoms with Crippen LogP contribution in [0.5, 0.6) is 0 Å². The maximum atomic E-state index is 12.4. The summed E-state index contributed by atoms with van der Waals surface area (Å²) in [6, 6.07) is 6.53. The summed E-state index contributed by atoms with van der Waals surface area (Å²) in [5, 5.41) is 0. The van der Waals surface area contributed by atoms with Crippen LogP contribution in [0.4, 0.5) is 0 Å². The normalized spacial score (nSPS) is 21.4. The van der Waals surface area contributed by atoms with Gasteiger partial charge in [-0.1, -0.05) is 30.7 Å². The van der Waals surface area contributed by atoms with Gasteiger partial charge in [0.25, 0.3) is 10.1 Å². The minimum absolute atomic E-state index is 0.0336. The van der Waals surface area contributed by atoms with Crippen molar-refractivity contribution in [3.63, 3.8) is 0 Å². The van der Waals surface area contributed by atoms with Crippen molar-refractivity contribution in [3.05, 3.63) is 41.7 Å². The molecule has 1 heterocycles. The van der Waals surface area contributed by atoms with E-state index in [0.29, 0.717) is 32.7 Å². The summed E-state index contributed by atoms with van der Waals surface area (Å²) >= 11 is 0. The molecule has 3 unspecified atom stereocenters. The molecule has 0 spiro atoms. The van der Waals surface area contributed by atoms with E-state index >= 15 is 0 Å². The Kier molecular flexibility index (Phi) is 10.4. The fraction of sp³-hybridized carbons (Fsp3) is 0.619. The Hall–Kier alpha value is -1.06. The van der Waals surface area contributed by atoms with Crippen LogP contribution in [-0.4, -0.2) is 47.2 Å². The smallest absolute Gasteiger partial charge is 0.352 e. The van der Waals surface area contributed by atoms with Gasteiger partial charge in [0.15, 0.2) is 6.29 Å². The van der Waals surface area contributed by atoms with Crippen molar-refractivity contribution in [3.8, 4) is 0 Å². The summed E-state index contributed by atoms with van der Waals surface area (Å²) in [5.74, 6) is 1.43. The fourth-order valence-corrected chi connectivity index (χ4v) is 5.46. The highest BCUT2D eigenvalue weighted by Gasteiger charge is 2.28. The second-order valence-electron chi connectivity index (χ2n) is 7.35. The highest BCUT2D eigenvalue weighted by molar-refractivity contribution is 7.86. The lowest BCUT2D eigenvalue weighted by molar-refractivity contribution is -0.185. The topological polar surface area (TPSA) is 97.4 Å². The van der Waals surface area contributed by atoms with Gasteiger partial charge in [-0.05, 0) is 45.2 Å². The summed E-state index contributed by atoms with van der Waals surface area (Å²) < 4.78 is 64.4. The molecule has 31 heavy (non-hydrogen) atoms. The van der Waals surface area contributed by atoms with E-state index in [4.69, 9.17) is 22.7 Å².